The molecule has 1 radical (unpaired) electrons. The van der Waals surface area contributed by atoms with E-state index in [1.807, 2.05) is 12.1 Å². The van der Waals surface area contributed by atoms with Gasteiger partial charge in [0.1, 0.15) is 0 Å². The molecular formula is C17H14F2IrN5-. The van der Waals surface area contributed by atoms with Crippen LogP contribution in [0.3, 0.4) is 0 Å². The van der Waals surface area contributed by atoms with E-state index < -0.39 is 11.6 Å². The second kappa shape index (κ2) is 11.8. The van der Waals surface area contributed by atoms with Crippen LogP contribution in [-0.2, 0) is 20.1 Å². The number of aromatic nitrogens is 5. The van der Waals surface area contributed by atoms with Gasteiger partial charge in [-0.1, -0.05) is 23.8 Å². The first-order valence-corrected chi connectivity index (χ1v) is 6.93. The number of pyridine rings is 1. The SMILES string of the molecule is Fc1c[c-]c(-c2ccccn2)c(F)c1.[Ir].c1cn[nH]c1.c1cn[nH]c1. The predicted molar refractivity (Wildman–Crippen MR) is 85.6 cm³/mol. The van der Waals surface area contributed by atoms with Gasteiger partial charge in [0.2, 0.25) is 0 Å². The third-order valence-electron chi connectivity index (χ3n) is 2.59. The summed E-state index contributed by atoms with van der Waals surface area (Å²) in [5.41, 5.74) is 0.636. The van der Waals surface area contributed by atoms with Crippen molar-refractivity contribution in [3.63, 3.8) is 0 Å². The van der Waals surface area contributed by atoms with E-state index >= 15 is 0 Å². The number of benzene rings is 1. The molecule has 0 aliphatic heterocycles. The van der Waals surface area contributed by atoms with Crippen molar-refractivity contribution in [3.8, 4) is 11.3 Å². The fraction of sp³-hybridized carbons (Fsp3) is 0. The number of H-pyrrole nitrogens is 2. The maximum Gasteiger partial charge on any atom is 0.0487 e. The smallest absolute Gasteiger partial charge is 0.0487 e. The van der Waals surface area contributed by atoms with Crippen LogP contribution < -0.4 is 0 Å². The molecule has 0 unspecified atom stereocenters. The summed E-state index contributed by atoms with van der Waals surface area (Å²) in [6.07, 6.45) is 8.46. The summed E-state index contributed by atoms with van der Waals surface area (Å²) in [6.45, 7) is 0. The van der Waals surface area contributed by atoms with E-state index in [4.69, 9.17) is 0 Å². The zero-order chi connectivity index (χ0) is 17.0. The van der Waals surface area contributed by atoms with Crippen molar-refractivity contribution in [2.24, 2.45) is 0 Å². The number of hydrogen-bond donors (Lipinski definition) is 2. The summed E-state index contributed by atoms with van der Waals surface area (Å²) in [5, 5.41) is 12.4. The first-order chi connectivity index (χ1) is 11.8. The fourth-order valence-corrected chi connectivity index (χ4v) is 1.58. The Hall–Kier alpha value is -2.70. The molecule has 25 heavy (non-hydrogen) atoms. The molecule has 8 heteroatoms. The van der Waals surface area contributed by atoms with E-state index in [1.165, 1.54) is 0 Å². The van der Waals surface area contributed by atoms with E-state index in [-0.39, 0.29) is 25.7 Å². The first kappa shape index (κ1) is 20.3. The molecule has 131 valence electrons. The Labute approximate surface area is 156 Å². The standard InChI is InChI=1S/C11H6F2N.2C3H4N2.Ir/c12-8-4-5-9(10(13)7-8)11-3-1-2-6-14-11;2*1-2-4-5-3-1;/h1-4,6-7H;2*1-3H,(H,4,5);/q-1;;;. The summed E-state index contributed by atoms with van der Waals surface area (Å²) in [4.78, 5) is 3.95. The molecule has 3 heterocycles. The molecule has 5 nitrogen and oxygen atoms in total. The molecule has 0 spiro atoms. The van der Waals surface area contributed by atoms with Crippen molar-refractivity contribution >= 4 is 0 Å². The number of aromatic amines is 2. The number of nitrogens with one attached hydrogen (secondary N) is 2. The van der Waals surface area contributed by atoms with Gasteiger partial charge in [-0.05, 0) is 23.9 Å². The normalized spacial score (nSPS) is 8.88. The van der Waals surface area contributed by atoms with Crippen molar-refractivity contribution in [2.45, 2.75) is 0 Å². The number of nitrogens with zero attached hydrogens (tertiary/aromatic N) is 3. The van der Waals surface area contributed by atoms with Crippen molar-refractivity contribution < 1.29 is 28.9 Å². The maximum atomic E-state index is 13.2. The number of hydrogen-bond acceptors (Lipinski definition) is 3. The van der Waals surface area contributed by atoms with Crippen molar-refractivity contribution in [2.75, 3.05) is 0 Å². The Morgan fingerprint density at radius 3 is 1.96 bits per heavy atom. The number of rotatable bonds is 1. The molecule has 4 rings (SSSR count). The molecule has 0 fully saturated rings. The van der Waals surface area contributed by atoms with Crippen LogP contribution in [-0.4, -0.2) is 25.4 Å². The van der Waals surface area contributed by atoms with Crippen LogP contribution in [0.4, 0.5) is 8.78 Å². The zero-order valence-electron chi connectivity index (χ0n) is 12.9. The minimum Gasteiger partial charge on any atom is -0.305 e. The Bertz CT molecular complexity index is 733. The van der Waals surface area contributed by atoms with Crippen LogP contribution in [0, 0.1) is 17.7 Å². The Morgan fingerprint density at radius 2 is 1.56 bits per heavy atom. The molecular weight excluding hydrogens is 504 g/mol. The van der Waals surface area contributed by atoms with E-state index in [9.17, 15) is 8.78 Å². The van der Waals surface area contributed by atoms with Gasteiger partial charge in [0.25, 0.3) is 0 Å². The van der Waals surface area contributed by atoms with Crippen LogP contribution in [0.1, 0.15) is 0 Å². The molecule has 1 aromatic carbocycles. The van der Waals surface area contributed by atoms with Gasteiger partial charge < -0.3 is 4.98 Å². The Morgan fingerprint density at radius 1 is 0.880 bits per heavy atom. The molecule has 4 aromatic rings. The van der Waals surface area contributed by atoms with Crippen LogP contribution in [0.2, 0.25) is 0 Å². The maximum absolute atomic E-state index is 13.2. The molecule has 0 aliphatic carbocycles. The first-order valence-electron chi connectivity index (χ1n) is 6.93. The van der Waals surface area contributed by atoms with Crippen molar-refractivity contribution in [3.05, 3.63) is 91.1 Å². The summed E-state index contributed by atoms with van der Waals surface area (Å²) in [5.74, 6) is -1.29. The molecule has 2 N–H and O–H groups in total. The molecule has 0 aliphatic rings. The molecule has 3 aromatic heterocycles. The summed E-state index contributed by atoms with van der Waals surface area (Å²) in [6, 6.07) is 13.2. The largest absolute Gasteiger partial charge is 0.305 e. The van der Waals surface area contributed by atoms with Gasteiger partial charge in [-0.2, -0.15) is 10.2 Å². The molecule has 0 amide bonds. The summed E-state index contributed by atoms with van der Waals surface area (Å²) < 4.78 is 25.8. The molecule has 0 saturated carbocycles. The van der Waals surface area contributed by atoms with Gasteiger partial charge in [0, 0.05) is 62.7 Å². The average Bonchev–Trinajstić information content (AvgIpc) is 3.34. The van der Waals surface area contributed by atoms with Gasteiger partial charge in [0.15, 0.2) is 0 Å². The quantitative estimate of drug-likeness (QED) is 0.378. The minimum absolute atomic E-state index is 0. The topological polar surface area (TPSA) is 70.2 Å². The third kappa shape index (κ3) is 7.60. The summed E-state index contributed by atoms with van der Waals surface area (Å²) >= 11 is 0. The zero-order valence-corrected chi connectivity index (χ0v) is 15.3. The minimum atomic E-state index is -0.649. The van der Waals surface area contributed by atoms with Crippen molar-refractivity contribution in [1.29, 1.82) is 0 Å². The predicted octanol–water partition coefficient (Wildman–Crippen LogP) is 3.64. The van der Waals surface area contributed by atoms with Crippen LogP contribution >= 0.6 is 0 Å². The van der Waals surface area contributed by atoms with Crippen LogP contribution in [0.25, 0.3) is 11.3 Å². The Balaban J connectivity index is 0.000000233. The fourth-order valence-electron chi connectivity index (χ4n) is 1.58. The van der Waals surface area contributed by atoms with E-state index in [0.29, 0.717) is 5.69 Å². The van der Waals surface area contributed by atoms with Gasteiger partial charge in [-0.15, -0.1) is 12.1 Å². The molecule has 0 saturated heterocycles. The van der Waals surface area contributed by atoms with Gasteiger partial charge >= 0.3 is 0 Å². The van der Waals surface area contributed by atoms with E-state index in [1.54, 1.807) is 49.2 Å². The van der Waals surface area contributed by atoms with Crippen LogP contribution in [0.15, 0.2) is 73.4 Å². The second-order valence-corrected chi connectivity index (χ2v) is 4.29. The Kier molecular flexibility index (Phi) is 9.58. The monoisotopic (exact) mass is 519 g/mol. The van der Waals surface area contributed by atoms with Gasteiger partial charge in [-0.25, -0.2) is 0 Å². The van der Waals surface area contributed by atoms with Crippen LogP contribution in [0.5, 0.6) is 0 Å². The molecule has 0 bridgehead atoms. The van der Waals surface area contributed by atoms with E-state index in [2.05, 4.69) is 31.4 Å². The summed E-state index contributed by atoms with van der Waals surface area (Å²) in [7, 11) is 0. The number of halogens is 2. The third-order valence-corrected chi connectivity index (χ3v) is 2.59. The van der Waals surface area contributed by atoms with Gasteiger partial charge in [-0.3, -0.25) is 19.0 Å². The second-order valence-electron chi connectivity index (χ2n) is 4.29. The molecule has 0 atom stereocenters. The average molecular weight is 519 g/mol. The van der Waals surface area contributed by atoms with E-state index in [0.717, 1.165) is 12.1 Å². The van der Waals surface area contributed by atoms with Gasteiger partial charge in [0.05, 0.1) is 0 Å². The van der Waals surface area contributed by atoms with Crippen molar-refractivity contribution in [1.82, 2.24) is 25.4 Å².